The van der Waals surface area contributed by atoms with Crippen LogP contribution in [0.5, 0.6) is 0 Å². The molecule has 2 rings (SSSR count). The molecule has 3 heteroatoms. The summed E-state index contributed by atoms with van der Waals surface area (Å²) in [5.41, 5.74) is 1.87. The van der Waals surface area contributed by atoms with Crippen molar-refractivity contribution in [3.8, 4) is 0 Å². The van der Waals surface area contributed by atoms with Gasteiger partial charge in [-0.15, -0.1) is 0 Å². The Morgan fingerprint density at radius 2 is 1.78 bits per heavy atom. The Kier molecular flexibility index (Phi) is 3.63. The zero-order valence-electron chi connectivity index (χ0n) is 10.1. The van der Waals surface area contributed by atoms with Gasteiger partial charge in [0.25, 0.3) is 0 Å². The standard InChI is InChI=1S/C15H13NO2/c1-11(17)13-7-8-16-14(9-13)10-15(18)12-5-3-2-4-6-12/h2-9H,10H2,1H3. The summed E-state index contributed by atoms with van der Waals surface area (Å²) in [6.07, 6.45) is 1.77. The van der Waals surface area contributed by atoms with Crippen molar-refractivity contribution in [1.29, 1.82) is 0 Å². The molecule has 0 unspecified atom stereocenters. The molecule has 90 valence electrons. The van der Waals surface area contributed by atoms with Crippen molar-refractivity contribution in [2.45, 2.75) is 13.3 Å². The highest BCUT2D eigenvalue weighted by Gasteiger charge is 2.08. The van der Waals surface area contributed by atoms with Crippen LogP contribution < -0.4 is 0 Å². The average molecular weight is 239 g/mol. The molecule has 0 N–H and O–H groups in total. The molecule has 0 aliphatic heterocycles. The topological polar surface area (TPSA) is 47.0 Å². The lowest BCUT2D eigenvalue weighted by Gasteiger charge is -2.02. The molecule has 18 heavy (non-hydrogen) atoms. The third kappa shape index (κ3) is 2.88. The van der Waals surface area contributed by atoms with Gasteiger partial charge < -0.3 is 0 Å². The van der Waals surface area contributed by atoms with E-state index in [0.29, 0.717) is 16.8 Å². The summed E-state index contributed by atoms with van der Waals surface area (Å²) in [6, 6.07) is 12.4. The van der Waals surface area contributed by atoms with Crippen LogP contribution in [-0.4, -0.2) is 16.6 Å². The number of aromatic nitrogens is 1. The van der Waals surface area contributed by atoms with E-state index in [1.54, 1.807) is 30.5 Å². The van der Waals surface area contributed by atoms with E-state index in [1.807, 2.05) is 18.2 Å². The lowest BCUT2D eigenvalue weighted by Crippen LogP contribution is -2.06. The Labute approximate surface area is 105 Å². The number of hydrogen-bond acceptors (Lipinski definition) is 3. The normalized spacial score (nSPS) is 10.1. The minimum Gasteiger partial charge on any atom is -0.295 e. The summed E-state index contributed by atoms with van der Waals surface area (Å²) in [7, 11) is 0. The van der Waals surface area contributed by atoms with Crippen LogP contribution in [0.2, 0.25) is 0 Å². The molecule has 0 saturated carbocycles. The second-order valence-electron chi connectivity index (χ2n) is 4.06. The summed E-state index contributed by atoms with van der Waals surface area (Å²) < 4.78 is 0. The zero-order chi connectivity index (χ0) is 13.0. The fraction of sp³-hybridized carbons (Fsp3) is 0.133. The minimum absolute atomic E-state index is 0.00352. The highest BCUT2D eigenvalue weighted by atomic mass is 16.1. The maximum atomic E-state index is 12.0. The van der Waals surface area contributed by atoms with Crippen molar-refractivity contribution in [2.24, 2.45) is 0 Å². The van der Waals surface area contributed by atoms with E-state index < -0.39 is 0 Å². The first-order chi connectivity index (χ1) is 8.66. The largest absolute Gasteiger partial charge is 0.295 e. The number of Topliss-reactive ketones (excluding diaryl/α,β-unsaturated/α-hetero) is 2. The van der Waals surface area contributed by atoms with E-state index in [4.69, 9.17) is 0 Å². The monoisotopic (exact) mass is 239 g/mol. The van der Waals surface area contributed by atoms with Crippen LogP contribution in [0, 0.1) is 0 Å². The van der Waals surface area contributed by atoms with Gasteiger partial charge in [-0.3, -0.25) is 14.6 Å². The first-order valence-electron chi connectivity index (χ1n) is 5.71. The Bertz CT molecular complexity index is 576. The predicted octanol–water partition coefficient (Wildman–Crippen LogP) is 2.71. The number of rotatable bonds is 4. The molecule has 0 aliphatic carbocycles. The zero-order valence-corrected chi connectivity index (χ0v) is 10.1. The lowest BCUT2D eigenvalue weighted by molar-refractivity contribution is 0.0986. The number of ketones is 2. The van der Waals surface area contributed by atoms with Crippen molar-refractivity contribution >= 4 is 11.6 Å². The molecule has 0 atom stereocenters. The fourth-order valence-corrected chi connectivity index (χ4v) is 1.68. The van der Waals surface area contributed by atoms with Gasteiger partial charge in [-0.25, -0.2) is 0 Å². The Balaban J connectivity index is 2.17. The van der Waals surface area contributed by atoms with Crippen LogP contribution in [0.3, 0.4) is 0 Å². The van der Waals surface area contributed by atoms with Gasteiger partial charge in [0.15, 0.2) is 11.6 Å². The van der Waals surface area contributed by atoms with Crippen molar-refractivity contribution in [1.82, 2.24) is 4.98 Å². The second-order valence-corrected chi connectivity index (χ2v) is 4.06. The number of hydrogen-bond donors (Lipinski definition) is 0. The highest BCUT2D eigenvalue weighted by molar-refractivity contribution is 5.98. The Hall–Kier alpha value is -2.29. The SMILES string of the molecule is CC(=O)c1ccnc(CC(=O)c2ccccc2)c1. The Morgan fingerprint density at radius 1 is 1.06 bits per heavy atom. The maximum absolute atomic E-state index is 12.0. The summed E-state index contributed by atoms with van der Waals surface area (Å²) in [4.78, 5) is 27.3. The molecule has 1 aromatic carbocycles. The first-order valence-corrected chi connectivity index (χ1v) is 5.71. The van der Waals surface area contributed by atoms with Crippen LogP contribution >= 0.6 is 0 Å². The van der Waals surface area contributed by atoms with Gasteiger partial charge in [-0.1, -0.05) is 30.3 Å². The molecule has 0 radical (unpaired) electrons. The van der Waals surface area contributed by atoms with Gasteiger partial charge in [0, 0.05) is 23.0 Å². The quantitative estimate of drug-likeness (QED) is 0.771. The molecule has 2 aromatic rings. The van der Waals surface area contributed by atoms with Crippen LogP contribution in [0.1, 0.15) is 33.3 Å². The summed E-state index contributed by atoms with van der Waals surface area (Å²) in [5.74, 6) is -0.0189. The molecule has 1 heterocycles. The smallest absolute Gasteiger partial charge is 0.168 e. The third-order valence-electron chi connectivity index (χ3n) is 2.66. The van der Waals surface area contributed by atoms with E-state index in [0.717, 1.165) is 0 Å². The van der Waals surface area contributed by atoms with E-state index in [1.165, 1.54) is 6.92 Å². The molecule has 0 bridgehead atoms. The van der Waals surface area contributed by atoms with Crippen molar-refractivity contribution < 1.29 is 9.59 Å². The number of nitrogens with zero attached hydrogens (tertiary/aromatic N) is 1. The molecule has 0 amide bonds. The van der Waals surface area contributed by atoms with Crippen LogP contribution in [0.4, 0.5) is 0 Å². The molecule has 1 aromatic heterocycles. The van der Waals surface area contributed by atoms with E-state index >= 15 is 0 Å². The van der Waals surface area contributed by atoms with Gasteiger partial charge in [0.2, 0.25) is 0 Å². The molecule has 0 spiro atoms. The van der Waals surface area contributed by atoms with Gasteiger partial charge >= 0.3 is 0 Å². The predicted molar refractivity (Wildman–Crippen MR) is 68.7 cm³/mol. The van der Waals surface area contributed by atoms with E-state index in [9.17, 15) is 9.59 Å². The number of carbonyl (C=O) groups is 2. The summed E-state index contributed by atoms with van der Waals surface area (Å²) in [6.45, 7) is 1.50. The molecule has 0 saturated heterocycles. The molecule has 0 fully saturated rings. The summed E-state index contributed by atoms with van der Waals surface area (Å²) >= 11 is 0. The van der Waals surface area contributed by atoms with Crippen LogP contribution in [0.25, 0.3) is 0 Å². The molecule has 0 aliphatic rings. The van der Waals surface area contributed by atoms with Crippen molar-refractivity contribution in [3.63, 3.8) is 0 Å². The van der Waals surface area contributed by atoms with Gasteiger partial charge in [0.1, 0.15) is 0 Å². The lowest BCUT2D eigenvalue weighted by atomic mass is 10.0. The second kappa shape index (κ2) is 5.36. The summed E-state index contributed by atoms with van der Waals surface area (Å²) in [5, 5.41) is 0. The minimum atomic E-state index is -0.0224. The molecular weight excluding hydrogens is 226 g/mol. The number of pyridine rings is 1. The van der Waals surface area contributed by atoms with Gasteiger partial charge in [-0.05, 0) is 19.1 Å². The average Bonchev–Trinajstić information content (AvgIpc) is 2.40. The first kappa shape index (κ1) is 12.2. The fourth-order valence-electron chi connectivity index (χ4n) is 1.68. The van der Waals surface area contributed by atoms with Gasteiger partial charge in [0.05, 0.1) is 6.42 Å². The van der Waals surface area contributed by atoms with Crippen LogP contribution in [-0.2, 0) is 6.42 Å². The Morgan fingerprint density at radius 3 is 2.44 bits per heavy atom. The molecule has 3 nitrogen and oxygen atoms in total. The maximum Gasteiger partial charge on any atom is 0.168 e. The van der Waals surface area contributed by atoms with Gasteiger partial charge in [-0.2, -0.15) is 0 Å². The van der Waals surface area contributed by atoms with E-state index in [2.05, 4.69) is 4.98 Å². The van der Waals surface area contributed by atoms with Crippen molar-refractivity contribution in [2.75, 3.05) is 0 Å². The van der Waals surface area contributed by atoms with Crippen molar-refractivity contribution in [3.05, 3.63) is 65.5 Å². The highest BCUT2D eigenvalue weighted by Crippen LogP contribution is 2.08. The number of benzene rings is 1. The van der Waals surface area contributed by atoms with Crippen LogP contribution in [0.15, 0.2) is 48.7 Å². The molecular formula is C15H13NO2. The van der Waals surface area contributed by atoms with E-state index in [-0.39, 0.29) is 18.0 Å². The third-order valence-corrected chi connectivity index (χ3v) is 2.66. The number of carbonyl (C=O) groups excluding carboxylic acids is 2.